The van der Waals surface area contributed by atoms with Crippen molar-refractivity contribution in [2.24, 2.45) is 0 Å². The van der Waals surface area contributed by atoms with Crippen molar-refractivity contribution < 1.29 is 4.42 Å². The second-order valence-electron chi connectivity index (χ2n) is 28.7. The molecule has 0 fully saturated rings. The lowest BCUT2D eigenvalue weighted by molar-refractivity contribution is 0.332. The maximum Gasteiger partial charge on any atom is 0.297 e. The number of fused-ring (bicyclic) bond motifs is 9. The molecule has 4 heteroatoms. The standard InChI is InChI=1S/C65H81BN2O/c1-38-30-44-47(64(16,17)28-26-61(44,10)11)36-50(38)68-51-31-39(58(2,3)4)20-23-49(51)66-55-52(32-40(33-53(55)68)59(5,6)7)67(41-21-22-43-45(34-41)62(12,13)25-24-60(43,8)9)56-42-35-46-48(37-54(42)69-57(56)66)65(18,19)29-27-63(46,14)15/h20-23,30-37H,24-29H2,1-19H3. The summed E-state index contributed by atoms with van der Waals surface area (Å²) in [5.74, 6) is 0. The van der Waals surface area contributed by atoms with Gasteiger partial charge in [0.05, 0.1) is 11.3 Å². The van der Waals surface area contributed by atoms with E-state index in [2.05, 4.69) is 214 Å². The maximum absolute atomic E-state index is 7.69. The summed E-state index contributed by atoms with van der Waals surface area (Å²) in [7, 11) is 0. The lowest BCUT2D eigenvalue weighted by atomic mass is 9.35. The van der Waals surface area contributed by atoms with Crippen LogP contribution in [0.1, 0.15) is 213 Å². The quantitative estimate of drug-likeness (QED) is 0.161. The Bertz CT molecular complexity index is 3170. The molecule has 3 aliphatic carbocycles. The van der Waals surface area contributed by atoms with Crippen LogP contribution in [0, 0.1) is 6.92 Å². The van der Waals surface area contributed by atoms with Gasteiger partial charge in [0.1, 0.15) is 5.58 Å². The van der Waals surface area contributed by atoms with Gasteiger partial charge in [0, 0.05) is 33.8 Å². The zero-order valence-corrected chi connectivity index (χ0v) is 46.1. The van der Waals surface area contributed by atoms with Crippen molar-refractivity contribution in [3.8, 4) is 0 Å². The van der Waals surface area contributed by atoms with Crippen LogP contribution in [-0.4, -0.2) is 6.71 Å². The lowest BCUT2D eigenvalue weighted by Gasteiger charge is -2.46. The third-order valence-corrected chi connectivity index (χ3v) is 18.9. The van der Waals surface area contributed by atoms with E-state index >= 15 is 0 Å². The van der Waals surface area contributed by atoms with Gasteiger partial charge < -0.3 is 14.2 Å². The van der Waals surface area contributed by atoms with Crippen LogP contribution in [0.3, 0.4) is 0 Å². The fourth-order valence-electron chi connectivity index (χ4n) is 13.6. The van der Waals surface area contributed by atoms with Gasteiger partial charge in [-0.05, 0) is 198 Å². The van der Waals surface area contributed by atoms with Gasteiger partial charge in [-0.1, -0.05) is 149 Å². The van der Waals surface area contributed by atoms with Gasteiger partial charge in [0.15, 0.2) is 0 Å². The van der Waals surface area contributed by atoms with E-state index in [9.17, 15) is 0 Å². The molecule has 69 heavy (non-hydrogen) atoms. The third kappa shape index (κ3) is 6.85. The molecule has 11 rings (SSSR count). The Balaban J connectivity index is 1.30. The summed E-state index contributed by atoms with van der Waals surface area (Å²) >= 11 is 0. The molecule has 0 unspecified atom stereocenters. The molecular weight excluding hydrogens is 836 g/mol. The van der Waals surface area contributed by atoms with E-state index in [1.807, 2.05) is 0 Å². The second kappa shape index (κ2) is 14.3. The largest absolute Gasteiger partial charge is 0.468 e. The minimum atomic E-state index is -0.127. The number of benzene rings is 5. The van der Waals surface area contributed by atoms with Crippen molar-refractivity contribution >= 4 is 68.4 Å². The van der Waals surface area contributed by atoms with E-state index in [1.165, 1.54) is 126 Å². The Labute approximate surface area is 416 Å². The Morgan fingerprint density at radius 2 is 0.913 bits per heavy atom. The summed E-state index contributed by atoms with van der Waals surface area (Å²) in [4.78, 5) is 5.38. The molecule has 3 nitrogen and oxygen atoms in total. The molecule has 0 spiro atoms. The summed E-state index contributed by atoms with van der Waals surface area (Å²) in [6, 6.07) is 30.3. The number of hydrogen-bond donors (Lipinski definition) is 0. The molecule has 0 bridgehead atoms. The van der Waals surface area contributed by atoms with E-state index in [0.717, 1.165) is 24.1 Å². The van der Waals surface area contributed by atoms with Crippen LogP contribution in [0.4, 0.5) is 34.1 Å². The highest BCUT2D eigenvalue weighted by Gasteiger charge is 2.50. The summed E-state index contributed by atoms with van der Waals surface area (Å²) in [6.45, 7) is 46.1. The zero-order chi connectivity index (χ0) is 49.7. The summed E-state index contributed by atoms with van der Waals surface area (Å²) in [5.41, 5.74) is 25.4. The molecule has 0 amide bonds. The van der Waals surface area contributed by atoms with E-state index in [1.54, 1.807) is 0 Å². The van der Waals surface area contributed by atoms with Crippen molar-refractivity contribution in [2.45, 2.75) is 213 Å². The first kappa shape index (κ1) is 46.7. The van der Waals surface area contributed by atoms with Gasteiger partial charge in [-0.25, -0.2) is 0 Å². The molecule has 3 heterocycles. The van der Waals surface area contributed by atoms with Gasteiger partial charge in [0.25, 0.3) is 6.71 Å². The fourth-order valence-corrected chi connectivity index (χ4v) is 13.6. The number of anilines is 6. The number of hydrogen-bond acceptors (Lipinski definition) is 3. The summed E-state index contributed by atoms with van der Waals surface area (Å²) in [6.07, 6.45) is 7.05. The average Bonchev–Trinajstić information content (AvgIpc) is 3.62. The third-order valence-electron chi connectivity index (χ3n) is 18.9. The number of furan rings is 1. The molecule has 0 N–H and O–H groups in total. The average molecular weight is 917 g/mol. The molecule has 2 aliphatic heterocycles. The van der Waals surface area contributed by atoms with Crippen molar-refractivity contribution in [1.82, 2.24) is 0 Å². The molecular formula is C65H81BN2O. The number of aryl methyl sites for hydroxylation is 1. The molecule has 1 aromatic heterocycles. The van der Waals surface area contributed by atoms with Crippen LogP contribution >= 0.6 is 0 Å². The predicted molar refractivity (Wildman–Crippen MR) is 298 cm³/mol. The summed E-state index contributed by atoms with van der Waals surface area (Å²) in [5, 5.41) is 1.23. The monoisotopic (exact) mass is 917 g/mol. The van der Waals surface area contributed by atoms with Crippen LogP contribution in [0.25, 0.3) is 11.0 Å². The number of rotatable bonds is 2. The molecule has 0 saturated heterocycles. The maximum atomic E-state index is 7.69. The minimum Gasteiger partial charge on any atom is -0.468 e. The molecule has 5 aliphatic rings. The van der Waals surface area contributed by atoms with E-state index < -0.39 is 0 Å². The highest BCUT2D eigenvalue weighted by atomic mass is 16.3. The highest BCUT2D eigenvalue weighted by Crippen LogP contribution is 2.55. The highest BCUT2D eigenvalue weighted by molar-refractivity contribution is 7.00. The Kier molecular flexibility index (Phi) is 9.64. The van der Waals surface area contributed by atoms with E-state index in [0.29, 0.717) is 0 Å². The van der Waals surface area contributed by atoms with Crippen LogP contribution in [0.2, 0.25) is 0 Å². The van der Waals surface area contributed by atoms with Gasteiger partial charge in [0.2, 0.25) is 0 Å². The van der Waals surface area contributed by atoms with Crippen molar-refractivity contribution in [3.05, 3.63) is 123 Å². The molecule has 0 radical (unpaired) electrons. The van der Waals surface area contributed by atoms with Gasteiger partial charge >= 0.3 is 0 Å². The van der Waals surface area contributed by atoms with E-state index in [-0.39, 0.29) is 50.0 Å². The van der Waals surface area contributed by atoms with Gasteiger partial charge in [-0.2, -0.15) is 0 Å². The number of nitrogens with zero attached hydrogens (tertiary/aromatic N) is 2. The smallest absolute Gasteiger partial charge is 0.297 e. The Morgan fingerprint density at radius 3 is 1.46 bits per heavy atom. The van der Waals surface area contributed by atoms with E-state index in [4.69, 9.17) is 4.42 Å². The first-order valence-electron chi connectivity index (χ1n) is 26.7. The van der Waals surface area contributed by atoms with Crippen LogP contribution < -0.4 is 26.4 Å². The van der Waals surface area contributed by atoms with Gasteiger partial charge in [-0.15, -0.1) is 0 Å². The first-order valence-corrected chi connectivity index (χ1v) is 26.7. The minimum absolute atomic E-state index is 0.0440. The lowest BCUT2D eigenvalue weighted by Crippen LogP contribution is -2.61. The molecule has 5 aromatic carbocycles. The van der Waals surface area contributed by atoms with Crippen LogP contribution in [0.5, 0.6) is 0 Å². The zero-order valence-electron chi connectivity index (χ0n) is 46.1. The van der Waals surface area contributed by atoms with Crippen molar-refractivity contribution in [3.63, 3.8) is 0 Å². The van der Waals surface area contributed by atoms with Crippen molar-refractivity contribution in [2.75, 3.05) is 9.80 Å². The topological polar surface area (TPSA) is 19.6 Å². The second-order valence-corrected chi connectivity index (χ2v) is 28.7. The Morgan fingerprint density at radius 1 is 0.449 bits per heavy atom. The Hall–Kier alpha value is -4.70. The predicted octanol–water partition coefficient (Wildman–Crippen LogP) is 16.5. The van der Waals surface area contributed by atoms with Crippen LogP contribution in [0.15, 0.2) is 77.2 Å². The molecule has 6 aromatic rings. The summed E-state index contributed by atoms with van der Waals surface area (Å²) < 4.78 is 7.69. The molecule has 0 atom stereocenters. The van der Waals surface area contributed by atoms with Crippen LogP contribution in [-0.2, 0) is 43.3 Å². The first-order chi connectivity index (χ1) is 31.8. The van der Waals surface area contributed by atoms with Gasteiger partial charge in [-0.3, -0.25) is 0 Å². The molecule has 0 saturated carbocycles. The fraction of sp³-hybridized carbons (Fsp3) is 0.508. The molecule has 360 valence electrons. The SMILES string of the molecule is Cc1cc2c(cc1N1c3cc(C(C)(C)C)ccc3B3c4oc5cc6c(cc5c4N(c4ccc5c(c4)C(C)(C)CCC5(C)C)c4cc(C(C)(C)C)cc1c43)C(C)(C)CCC6(C)C)C(C)(C)CCC2(C)C. The normalized spacial score (nSPS) is 20.9. The van der Waals surface area contributed by atoms with Crippen molar-refractivity contribution in [1.29, 1.82) is 0 Å².